The zero-order valence-electron chi connectivity index (χ0n) is 17.2. The van der Waals surface area contributed by atoms with Gasteiger partial charge in [-0.3, -0.25) is 0 Å². The minimum Gasteiger partial charge on any atom is -0.493 e. The SMILES string of the molecule is CCC(C)n1c(-c2cc(OC)c(OC)c(OC)c2)csc1=Nc1ccc(F)cc1. The van der Waals surface area contributed by atoms with Crippen molar-refractivity contribution < 1.29 is 18.6 Å². The summed E-state index contributed by atoms with van der Waals surface area (Å²) >= 11 is 1.54. The lowest BCUT2D eigenvalue weighted by Gasteiger charge is -2.18. The highest BCUT2D eigenvalue weighted by molar-refractivity contribution is 7.07. The Hall–Kier alpha value is -2.80. The number of hydrogen-bond donors (Lipinski definition) is 0. The van der Waals surface area contributed by atoms with E-state index in [0.29, 0.717) is 22.9 Å². The topological polar surface area (TPSA) is 45.0 Å². The maximum Gasteiger partial charge on any atom is 0.203 e. The van der Waals surface area contributed by atoms with Gasteiger partial charge < -0.3 is 18.8 Å². The van der Waals surface area contributed by atoms with Gasteiger partial charge in [-0.15, -0.1) is 11.3 Å². The molecule has 1 atom stereocenters. The van der Waals surface area contributed by atoms with Gasteiger partial charge in [-0.05, 0) is 49.7 Å². The summed E-state index contributed by atoms with van der Waals surface area (Å²) in [5, 5.41) is 2.06. The Morgan fingerprint density at radius 3 is 2.17 bits per heavy atom. The van der Waals surface area contributed by atoms with E-state index in [9.17, 15) is 4.39 Å². The zero-order valence-corrected chi connectivity index (χ0v) is 18.0. The molecule has 0 saturated carbocycles. The number of aromatic nitrogens is 1. The van der Waals surface area contributed by atoms with Crippen LogP contribution < -0.4 is 19.0 Å². The molecule has 1 unspecified atom stereocenters. The molecule has 0 amide bonds. The minimum atomic E-state index is -0.275. The van der Waals surface area contributed by atoms with Gasteiger partial charge in [0, 0.05) is 17.0 Å². The molecule has 29 heavy (non-hydrogen) atoms. The molecular formula is C22H25FN2O3S. The highest BCUT2D eigenvalue weighted by atomic mass is 32.1. The monoisotopic (exact) mass is 416 g/mol. The third kappa shape index (κ3) is 4.29. The van der Waals surface area contributed by atoms with E-state index in [1.807, 2.05) is 12.1 Å². The molecule has 1 heterocycles. The minimum absolute atomic E-state index is 0.217. The van der Waals surface area contributed by atoms with Crippen LogP contribution in [0.3, 0.4) is 0 Å². The molecule has 5 nitrogen and oxygen atoms in total. The molecule has 7 heteroatoms. The molecule has 0 spiro atoms. The fraction of sp³-hybridized carbons (Fsp3) is 0.318. The summed E-state index contributed by atoms with van der Waals surface area (Å²) in [5.74, 6) is 1.48. The number of hydrogen-bond acceptors (Lipinski definition) is 5. The van der Waals surface area contributed by atoms with Gasteiger partial charge in [-0.1, -0.05) is 6.92 Å². The molecule has 0 aliphatic carbocycles. The molecule has 1 aromatic heterocycles. The first kappa shape index (κ1) is 20.9. The van der Waals surface area contributed by atoms with Crippen molar-refractivity contribution in [3.05, 3.63) is 52.4 Å². The van der Waals surface area contributed by atoms with Crippen LogP contribution in [0, 0.1) is 5.82 Å². The lowest BCUT2D eigenvalue weighted by molar-refractivity contribution is 0.324. The molecule has 154 valence electrons. The van der Waals surface area contributed by atoms with Crippen molar-refractivity contribution in [2.75, 3.05) is 21.3 Å². The van der Waals surface area contributed by atoms with Gasteiger partial charge in [0.2, 0.25) is 5.75 Å². The van der Waals surface area contributed by atoms with Crippen molar-refractivity contribution >= 4 is 17.0 Å². The zero-order chi connectivity index (χ0) is 21.0. The number of nitrogens with zero attached hydrogens (tertiary/aromatic N) is 2. The second-order valence-electron chi connectivity index (χ2n) is 6.53. The van der Waals surface area contributed by atoms with Crippen LogP contribution in [0.5, 0.6) is 17.2 Å². The van der Waals surface area contributed by atoms with Crippen LogP contribution in [0.2, 0.25) is 0 Å². The van der Waals surface area contributed by atoms with Crippen LogP contribution in [0.1, 0.15) is 26.3 Å². The molecule has 0 aliphatic rings. The molecular weight excluding hydrogens is 391 g/mol. The van der Waals surface area contributed by atoms with Crippen LogP contribution in [-0.4, -0.2) is 25.9 Å². The number of ether oxygens (including phenoxy) is 3. The van der Waals surface area contributed by atoms with E-state index in [-0.39, 0.29) is 11.9 Å². The second-order valence-corrected chi connectivity index (χ2v) is 7.37. The molecule has 3 aromatic rings. The standard InChI is InChI=1S/C22H25FN2O3S/c1-6-14(2)25-18(13-29-22(25)24-17-9-7-16(23)8-10-17)15-11-19(26-3)21(28-5)20(12-15)27-4/h7-14H,6H2,1-5H3. The molecule has 0 bridgehead atoms. The number of thiazole rings is 1. The third-order valence-electron chi connectivity index (χ3n) is 4.79. The Labute approximate surface area is 174 Å². The van der Waals surface area contributed by atoms with E-state index < -0.39 is 0 Å². The van der Waals surface area contributed by atoms with Crippen LogP contribution >= 0.6 is 11.3 Å². The van der Waals surface area contributed by atoms with E-state index >= 15 is 0 Å². The predicted octanol–water partition coefficient (Wildman–Crippen LogP) is 5.58. The van der Waals surface area contributed by atoms with E-state index in [4.69, 9.17) is 19.2 Å². The van der Waals surface area contributed by atoms with Crippen molar-refractivity contribution in [3.8, 4) is 28.5 Å². The van der Waals surface area contributed by atoms with Gasteiger partial charge >= 0.3 is 0 Å². The Morgan fingerprint density at radius 1 is 1.03 bits per heavy atom. The van der Waals surface area contributed by atoms with Gasteiger partial charge in [0.15, 0.2) is 16.3 Å². The molecule has 0 fully saturated rings. The van der Waals surface area contributed by atoms with Gasteiger partial charge in [0.25, 0.3) is 0 Å². The van der Waals surface area contributed by atoms with Gasteiger partial charge in [0.05, 0.1) is 32.7 Å². The molecule has 0 N–H and O–H groups in total. The molecule has 0 aliphatic heterocycles. The summed E-state index contributed by atoms with van der Waals surface area (Å²) in [6.07, 6.45) is 0.935. The first-order valence-electron chi connectivity index (χ1n) is 9.33. The Bertz CT molecular complexity index is 1020. The van der Waals surface area contributed by atoms with E-state index in [1.165, 1.54) is 12.1 Å². The highest BCUT2D eigenvalue weighted by Crippen LogP contribution is 2.41. The Kier molecular flexibility index (Phi) is 6.59. The molecule has 0 radical (unpaired) electrons. The second kappa shape index (κ2) is 9.13. The largest absolute Gasteiger partial charge is 0.493 e. The van der Waals surface area contributed by atoms with Crippen LogP contribution in [0.15, 0.2) is 46.8 Å². The fourth-order valence-electron chi connectivity index (χ4n) is 3.08. The predicted molar refractivity (Wildman–Crippen MR) is 114 cm³/mol. The van der Waals surface area contributed by atoms with Crippen LogP contribution in [0.4, 0.5) is 10.1 Å². The summed E-state index contributed by atoms with van der Waals surface area (Å²) in [5.41, 5.74) is 2.66. The summed E-state index contributed by atoms with van der Waals surface area (Å²) < 4.78 is 31.9. The summed E-state index contributed by atoms with van der Waals surface area (Å²) in [6.45, 7) is 4.29. The maximum absolute atomic E-state index is 13.2. The molecule has 2 aromatic carbocycles. The van der Waals surface area contributed by atoms with Crippen molar-refractivity contribution in [1.82, 2.24) is 4.57 Å². The van der Waals surface area contributed by atoms with Gasteiger partial charge in [-0.2, -0.15) is 0 Å². The summed E-state index contributed by atoms with van der Waals surface area (Å²) in [7, 11) is 4.79. The third-order valence-corrected chi connectivity index (χ3v) is 5.62. The summed E-state index contributed by atoms with van der Waals surface area (Å²) in [4.78, 5) is 5.59. The summed E-state index contributed by atoms with van der Waals surface area (Å²) in [6, 6.07) is 10.3. The van der Waals surface area contributed by atoms with Crippen molar-refractivity contribution in [2.24, 2.45) is 4.99 Å². The van der Waals surface area contributed by atoms with E-state index in [2.05, 4.69) is 23.8 Å². The Balaban J connectivity index is 2.21. The van der Waals surface area contributed by atoms with E-state index in [0.717, 1.165) is 22.5 Å². The average molecular weight is 417 g/mol. The van der Waals surface area contributed by atoms with Gasteiger partial charge in [-0.25, -0.2) is 9.38 Å². The first-order valence-corrected chi connectivity index (χ1v) is 10.2. The fourth-order valence-corrected chi connectivity index (χ4v) is 4.09. The van der Waals surface area contributed by atoms with Crippen molar-refractivity contribution in [1.29, 1.82) is 0 Å². The number of benzene rings is 2. The van der Waals surface area contributed by atoms with Crippen molar-refractivity contribution in [3.63, 3.8) is 0 Å². The highest BCUT2D eigenvalue weighted by Gasteiger charge is 2.18. The van der Waals surface area contributed by atoms with Crippen LogP contribution in [0.25, 0.3) is 11.3 Å². The van der Waals surface area contributed by atoms with Gasteiger partial charge in [0.1, 0.15) is 5.82 Å². The van der Waals surface area contributed by atoms with Crippen LogP contribution in [-0.2, 0) is 0 Å². The number of methoxy groups -OCH3 is 3. The first-order chi connectivity index (χ1) is 14.0. The molecule has 3 rings (SSSR count). The van der Waals surface area contributed by atoms with E-state index in [1.54, 1.807) is 44.8 Å². The lowest BCUT2D eigenvalue weighted by atomic mass is 10.1. The smallest absolute Gasteiger partial charge is 0.203 e. The molecule has 0 saturated heterocycles. The van der Waals surface area contributed by atoms with Crippen molar-refractivity contribution in [2.45, 2.75) is 26.3 Å². The number of rotatable bonds is 7. The average Bonchev–Trinajstić information content (AvgIpc) is 3.17. The normalized spacial score (nSPS) is 12.7. The Morgan fingerprint density at radius 2 is 1.66 bits per heavy atom. The number of halogens is 1. The maximum atomic E-state index is 13.2. The lowest BCUT2D eigenvalue weighted by Crippen LogP contribution is -2.19. The quantitative estimate of drug-likeness (QED) is 0.505.